The summed E-state index contributed by atoms with van der Waals surface area (Å²) in [6.45, 7) is 6.12. The van der Waals surface area contributed by atoms with Crippen molar-refractivity contribution in [3.8, 4) is 0 Å². The number of rotatable bonds is 2. The van der Waals surface area contributed by atoms with Gasteiger partial charge in [0.2, 0.25) is 0 Å². The first-order valence-electron chi connectivity index (χ1n) is 7.09. The zero-order chi connectivity index (χ0) is 14.8. The average molecular weight is 280 g/mol. The molecular formula is C17H16N2O2. The van der Waals surface area contributed by atoms with Gasteiger partial charge >= 0.3 is 0 Å². The molecule has 3 aliphatic rings. The van der Waals surface area contributed by atoms with E-state index in [1.54, 1.807) is 6.07 Å². The van der Waals surface area contributed by atoms with Gasteiger partial charge in [-0.3, -0.25) is 4.79 Å². The molecule has 0 saturated heterocycles. The molecule has 4 rings (SSSR count). The highest BCUT2D eigenvalue weighted by Gasteiger charge is 2.35. The first-order chi connectivity index (χ1) is 9.93. The Hall–Kier alpha value is -2.36. The van der Waals surface area contributed by atoms with E-state index < -0.39 is 0 Å². The van der Waals surface area contributed by atoms with Crippen LogP contribution < -0.4 is 5.32 Å². The second-order valence-corrected chi connectivity index (χ2v) is 6.68. The number of fused-ring (bicyclic) bond motifs is 2. The summed E-state index contributed by atoms with van der Waals surface area (Å²) in [5.41, 5.74) is 5.60. The van der Waals surface area contributed by atoms with Crippen LogP contribution in [0.2, 0.25) is 0 Å². The number of nitrogens with one attached hydrogen (secondary N) is 1. The van der Waals surface area contributed by atoms with Gasteiger partial charge in [-0.15, -0.1) is 0 Å². The van der Waals surface area contributed by atoms with Gasteiger partial charge in [-0.25, -0.2) is 0 Å². The third-order valence-electron chi connectivity index (χ3n) is 4.01. The molecule has 1 aromatic rings. The zero-order valence-corrected chi connectivity index (χ0v) is 12.3. The van der Waals surface area contributed by atoms with Crippen LogP contribution in [0.5, 0.6) is 0 Å². The smallest absolute Gasteiger partial charge is 0.257 e. The molecule has 1 fully saturated rings. The fraction of sp³-hybridized carbons (Fsp3) is 0.294. The Morgan fingerprint density at radius 3 is 2.81 bits per heavy atom. The lowest BCUT2D eigenvalue weighted by Gasteiger charge is -2.12. The molecule has 1 heterocycles. The molecule has 3 aliphatic carbocycles. The molecule has 21 heavy (non-hydrogen) atoms. The highest BCUT2D eigenvalue weighted by molar-refractivity contribution is 6.08. The van der Waals surface area contributed by atoms with Crippen molar-refractivity contribution in [1.82, 2.24) is 5.16 Å². The van der Waals surface area contributed by atoms with E-state index in [1.165, 1.54) is 16.7 Å². The minimum atomic E-state index is -0.135. The lowest BCUT2D eigenvalue weighted by atomic mass is 9.93. The number of hydrogen-bond donors (Lipinski definition) is 1. The molecule has 4 heteroatoms. The monoisotopic (exact) mass is 280 g/mol. The van der Waals surface area contributed by atoms with E-state index in [0.717, 1.165) is 17.8 Å². The van der Waals surface area contributed by atoms with Gasteiger partial charge in [0, 0.05) is 17.1 Å². The number of hydrogen-bond acceptors (Lipinski definition) is 3. The van der Waals surface area contributed by atoms with E-state index in [2.05, 4.69) is 16.5 Å². The first-order valence-corrected chi connectivity index (χ1v) is 7.09. The lowest BCUT2D eigenvalue weighted by molar-refractivity contribution is -0.112. The summed E-state index contributed by atoms with van der Waals surface area (Å²) in [5.74, 6) is 1.08. The number of anilines is 1. The Morgan fingerprint density at radius 2 is 2.10 bits per heavy atom. The second kappa shape index (κ2) is 3.85. The standard InChI is InChI=1S/C17H16N2O2/c1-17(2,3)14-8-15(19-21-14)18-16(20)11-5-4-10-12-6-9(12)7-13(10)11/h4-5,7-8H,6H2,1-3H3,(H,18,19,20). The van der Waals surface area contributed by atoms with Crippen LogP contribution in [0.4, 0.5) is 5.82 Å². The number of carbonyl (C=O) groups is 1. The minimum Gasteiger partial charge on any atom is -0.359 e. The van der Waals surface area contributed by atoms with Crippen molar-refractivity contribution in [1.29, 1.82) is 0 Å². The minimum absolute atomic E-state index is 0.125. The fourth-order valence-electron chi connectivity index (χ4n) is 2.71. The van der Waals surface area contributed by atoms with Gasteiger partial charge in [0.05, 0.1) is 0 Å². The molecule has 0 aromatic carbocycles. The molecule has 4 nitrogen and oxygen atoms in total. The van der Waals surface area contributed by atoms with Crippen LogP contribution in [0, 0.1) is 0 Å². The van der Waals surface area contributed by atoms with Crippen molar-refractivity contribution >= 4 is 11.7 Å². The maximum absolute atomic E-state index is 12.4. The molecule has 1 saturated carbocycles. The third-order valence-corrected chi connectivity index (χ3v) is 4.01. The largest absolute Gasteiger partial charge is 0.359 e. The molecule has 0 radical (unpaired) electrons. The van der Waals surface area contributed by atoms with Crippen LogP contribution in [-0.2, 0) is 10.2 Å². The number of allylic oxidation sites excluding steroid dienone is 6. The Kier molecular flexibility index (Phi) is 2.27. The summed E-state index contributed by atoms with van der Waals surface area (Å²) < 4.78 is 5.28. The van der Waals surface area contributed by atoms with E-state index >= 15 is 0 Å². The average Bonchev–Trinajstić information content (AvgIpc) is 2.81. The molecule has 0 spiro atoms. The summed E-state index contributed by atoms with van der Waals surface area (Å²) in [4.78, 5) is 12.4. The van der Waals surface area contributed by atoms with E-state index in [9.17, 15) is 4.79 Å². The van der Waals surface area contributed by atoms with Gasteiger partial charge in [0.1, 0.15) is 5.76 Å². The highest BCUT2D eigenvalue weighted by Crippen LogP contribution is 2.51. The number of nitrogens with zero attached hydrogens (tertiary/aromatic N) is 1. The van der Waals surface area contributed by atoms with Crippen molar-refractivity contribution in [2.24, 2.45) is 0 Å². The molecule has 0 bridgehead atoms. The summed E-state index contributed by atoms with van der Waals surface area (Å²) >= 11 is 0. The summed E-state index contributed by atoms with van der Waals surface area (Å²) in [6, 6.07) is 1.78. The predicted octanol–water partition coefficient (Wildman–Crippen LogP) is 3.42. The summed E-state index contributed by atoms with van der Waals surface area (Å²) in [6.07, 6.45) is 7.10. The first kappa shape index (κ1) is 12.4. The van der Waals surface area contributed by atoms with E-state index in [4.69, 9.17) is 4.52 Å². The zero-order valence-electron chi connectivity index (χ0n) is 12.3. The van der Waals surface area contributed by atoms with Crippen LogP contribution in [0.25, 0.3) is 0 Å². The van der Waals surface area contributed by atoms with Gasteiger partial charge < -0.3 is 9.84 Å². The van der Waals surface area contributed by atoms with Gasteiger partial charge in [-0.1, -0.05) is 32.0 Å². The quantitative estimate of drug-likeness (QED) is 0.903. The lowest BCUT2D eigenvalue weighted by Crippen LogP contribution is -2.14. The molecule has 1 aromatic heterocycles. The Labute approximate surface area is 122 Å². The summed E-state index contributed by atoms with van der Waals surface area (Å²) in [5, 5.41) is 6.74. The Morgan fingerprint density at radius 1 is 1.29 bits per heavy atom. The number of aromatic nitrogens is 1. The Bertz CT molecular complexity index is 795. The van der Waals surface area contributed by atoms with Crippen LogP contribution in [0.3, 0.4) is 0 Å². The second-order valence-electron chi connectivity index (χ2n) is 6.68. The third kappa shape index (κ3) is 1.90. The maximum atomic E-state index is 12.4. The van der Waals surface area contributed by atoms with Crippen molar-refractivity contribution in [3.63, 3.8) is 0 Å². The van der Waals surface area contributed by atoms with Crippen LogP contribution in [0.15, 0.2) is 56.7 Å². The molecular weight excluding hydrogens is 264 g/mol. The molecule has 0 atom stereocenters. The molecule has 1 amide bonds. The Balaban J connectivity index is 1.57. The summed E-state index contributed by atoms with van der Waals surface area (Å²) in [7, 11) is 0. The topological polar surface area (TPSA) is 55.1 Å². The molecule has 106 valence electrons. The fourth-order valence-corrected chi connectivity index (χ4v) is 2.71. The van der Waals surface area contributed by atoms with Gasteiger partial charge in [-0.2, -0.15) is 0 Å². The normalized spacial score (nSPS) is 18.9. The van der Waals surface area contributed by atoms with E-state index in [1.807, 2.05) is 32.9 Å². The van der Waals surface area contributed by atoms with Crippen molar-refractivity contribution in [2.75, 3.05) is 5.32 Å². The molecule has 1 N–H and O–H groups in total. The van der Waals surface area contributed by atoms with Gasteiger partial charge in [0.15, 0.2) is 5.82 Å². The predicted molar refractivity (Wildman–Crippen MR) is 79.7 cm³/mol. The number of amides is 1. The van der Waals surface area contributed by atoms with Crippen LogP contribution >= 0.6 is 0 Å². The molecule has 0 unspecified atom stereocenters. The number of carbonyl (C=O) groups excluding carboxylic acids is 1. The maximum Gasteiger partial charge on any atom is 0.257 e. The molecule has 0 aliphatic heterocycles. The van der Waals surface area contributed by atoms with Gasteiger partial charge in [0.25, 0.3) is 5.91 Å². The van der Waals surface area contributed by atoms with Gasteiger partial charge in [-0.05, 0) is 40.9 Å². The van der Waals surface area contributed by atoms with E-state index in [-0.39, 0.29) is 11.3 Å². The SMILES string of the molecule is CC(C)(C)c1cc(NC(=O)C2=C3C=C4CC4=C3C=C2)no1. The van der Waals surface area contributed by atoms with E-state index in [0.29, 0.717) is 11.4 Å². The van der Waals surface area contributed by atoms with Crippen molar-refractivity contribution in [2.45, 2.75) is 32.6 Å². The van der Waals surface area contributed by atoms with Crippen LogP contribution in [-0.4, -0.2) is 11.1 Å². The van der Waals surface area contributed by atoms with Crippen molar-refractivity contribution in [3.05, 3.63) is 57.9 Å². The highest BCUT2D eigenvalue weighted by atomic mass is 16.5. The van der Waals surface area contributed by atoms with Crippen molar-refractivity contribution < 1.29 is 9.32 Å². The van der Waals surface area contributed by atoms with Crippen LogP contribution in [0.1, 0.15) is 33.0 Å².